The zero-order chi connectivity index (χ0) is 15.1. The number of amides is 1. The van der Waals surface area contributed by atoms with E-state index in [9.17, 15) is 14.9 Å². The Morgan fingerprint density at radius 3 is 2.75 bits per heavy atom. The molecule has 0 spiro atoms. The molecule has 0 heterocycles. The molecule has 20 heavy (non-hydrogen) atoms. The number of carbonyl (C=O) groups excluding carboxylic acids is 1. The van der Waals surface area contributed by atoms with Crippen molar-refractivity contribution in [3.63, 3.8) is 0 Å². The van der Waals surface area contributed by atoms with Crippen LogP contribution in [0.1, 0.15) is 25.3 Å². The highest BCUT2D eigenvalue weighted by Gasteiger charge is 2.14. The zero-order valence-corrected chi connectivity index (χ0v) is 12.1. The summed E-state index contributed by atoms with van der Waals surface area (Å²) in [5.41, 5.74) is 5.82. The number of hydrogen-bond donors (Lipinski definition) is 1. The predicted molar refractivity (Wildman–Crippen MR) is 77.5 cm³/mol. The lowest BCUT2D eigenvalue weighted by molar-refractivity contribution is -0.384. The normalized spacial score (nSPS) is 10.8. The Labute approximate surface area is 122 Å². The third-order valence-electron chi connectivity index (χ3n) is 2.84. The number of unbranched alkanes of at least 4 members (excludes halogenated alkanes) is 1. The summed E-state index contributed by atoms with van der Waals surface area (Å²) in [6.07, 6.45) is 1.90. The topological polar surface area (TPSA) is 89.5 Å². The van der Waals surface area contributed by atoms with Gasteiger partial charge in [-0.3, -0.25) is 19.8 Å². The molecule has 0 aliphatic rings. The maximum absolute atomic E-state index is 11.1. The first-order chi connectivity index (χ1) is 9.43. The molecule has 0 fully saturated rings. The standard InChI is InChI=1S/C13H18ClN3O3/c1-2-3-6-16(9-13(15)18)8-10-7-11(17(19)20)4-5-12(10)14/h4-5,7H,2-3,6,8-9H2,1H3,(H2,15,18). The molecule has 0 bridgehead atoms. The minimum atomic E-state index is -0.468. The third kappa shape index (κ3) is 5.14. The molecule has 6 nitrogen and oxygen atoms in total. The van der Waals surface area contributed by atoms with Gasteiger partial charge in [0.2, 0.25) is 5.91 Å². The predicted octanol–water partition coefficient (Wildman–Crippen LogP) is 2.34. The van der Waals surface area contributed by atoms with Crippen LogP contribution in [0.5, 0.6) is 0 Å². The first kappa shape index (κ1) is 16.4. The van der Waals surface area contributed by atoms with Crippen LogP contribution < -0.4 is 5.73 Å². The Morgan fingerprint density at radius 1 is 1.50 bits per heavy atom. The molecule has 7 heteroatoms. The van der Waals surface area contributed by atoms with Crippen molar-refractivity contribution in [2.45, 2.75) is 26.3 Å². The van der Waals surface area contributed by atoms with Gasteiger partial charge in [0.05, 0.1) is 11.5 Å². The van der Waals surface area contributed by atoms with E-state index in [0.717, 1.165) is 12.8 Å². The van der Waals surface area contributed by atoms with Gasteiger partial charge in [0.15, 0.2) is 0 Å². The molecule has 0 aliphatic heterocycles. The van der Waals surface area contributed by atoms with Crippen molar-refractivity contribution >= 4 is 23.2 Å². The van der Waals surface area contributed by atoms with Gasteiger partial charge in [0.25, 0.3) is 5.69 Å². The van der Waals surface area contributed by atoms with Gasteiger partial charge in [0, 0.05) is 23.7 Å². The van der Waals surface area contributed by atoms with Crippen LogP contribution in [-0.4, -0.2) is 28.8 Å². The maximum Gasteiger partial charge on any atom is 0.269 e. The Bertz CT molecular complexity index is 494. The van der Waals surface area contributed by atoms with Gasteiger partial charge in [-0.1, -0.05) is 24.9 Å². The summed E-state index contributed by atoms with van der Waals surface area (Å²) in [6.45, 7) is 3.21. The number of halogens is 1. The molecule has 0 unspecified atom stereocenters. The number of benzene rings is 1. The van der Waals surface area contributed by atoms with Gasteiger partial charge < -0.3 is 5.73 Å². The Hall–Kier alpha value is -1.66. The number of rotatable bonds is 8. The van der Waals surface area contributed by atoms with Crippen molar-refractivity contribution in [3.8, 4) is 0 Å². The van der Waals surface area contributed by atoms with Crippen molar-refractivity contribution in [1.82, 2.24) is 4.90 Å². The Balaban J connectivity index is 2.88. The largest absolute Gasteiger partial charge is 0.369 e. The molecule has 0 saturated carbocycles. The Kier molecular flexibility index (Phi) is 6.41. The van der Waals surface area contributed by atoms with Crippen molar-refractivity contribution in [3.05, 3.63) is 38.9 Å². The summed E-state index contributed by atoms with van der Waals surface area (Å²) in [4.78, 5) is 23.2. The van der Waals surface area contributed by atoms with Crippen LogP contribution in [-0.2, 0) is 11.3 Å². The van der Waals surface area contributed by atoms with E-state index in [1.165, 1.54) is 18.2 Å². The second-order valence-electron chi connectivity index (χ2n) is 4.56. The van der Waals surface area contributed by atoms with E-state index in [2.05, 4.69) is 0 Å². The van der Waals surface area contributed by atoms with E-state index in [-0.39, 0.29) is 12.2 Å². The van der Waals surface area contributed by atoms with Gasteiger partial charge in [-0.2, -0.15) is 0 Å². The van der Waals surface area contributed by atoms with Gasteiger partial charge in [-0.05, 0) is 24.6 Å². The Morgan fingerprint density at radius 2 is 2.20 bits per heavy atom. The summed E-state index contributed by atoms with van der Waals surface area (Å²) >= 11 is 6.05. The van der Waals surface area contributed by atoms with Crippen LogP contribution in [0.25, 0.3) is 0 Å². The van der Waals surface area contributed by atoms with Crippen LogP contribution in [0.2, 0.25) is 5.02 Å². The van der Waals surface area contributed by atoms with E-state index in [1.54, 1.807) is 0 Å². The fraction of sp³-hybridized carbons (Fsp3) is 0.462. The van der Waals surface area contributed by atoms with Crippen molar-refractivity contribution in [2.75, 3.05) is 13.1 Å². The number of non-ortho nitro benzene ring substituents is 1. The summed E-state index contributed by atoms with van der Waals surface area (Å²) in [5.74, 6) is -0.428. The van der Waals surface area contributed by atoms with Gasteiger partial charge in [0.1, 0.15) is 0 Å². The number of nitrogens with two attached hydrogens (primary N) is 1. The molecular formula is C13H18ClN3O3. The van der Waals surface area contributed by atoms with Crippen LogP contribution in [0.3, 0.4) is 0 Å². The number of primary amides is 1. The summed E-state index contributed by atoms with van der Waals surface area (Å²) in [6, 6.07) is 4.29. The number of carbonyl (C=O) groups is 1. The number of nitrogens with zero attached hydrogens (tertiary/aromatic N) is 2. The van der Waals surface area contributed by atoms with E-state index in [0.29, 0.717) is 23.7 Å². The molecule has 1 rings (SSSR count). The zero-order valence-electron chi connectivity index (χ0n) is 11.3. The molecule has 0 radical (unpaired) electrons. The minimum absolute atomic E-state index is 0.0149. The highest BCUT2D eigenvalue weighted by Crippen LogP contribution is 2.23. The molecule has 0 aliphatic carbocycles. The molecule has 1 amide bonds. The lowest BCUT2D eigenvalue weighted by Crippen LogP contribution is -2.34. The smallest absolute Gasteiger partial charge is 0.269 e. The fourth-order valence-corrected chi connectivity index (χ4v) is 2.03. The van der Waals surface area contributed by atoms with Crippen LogP contribution in [0, 0.1) is 10.1 Å². The molecule has 1 aromatic carbocycles. The number of nitro groups is 1. The fourth-order valence-electron chi connectivity index (χ4n) is 1.85. The van der Waals surface area contributed by atoms with E-state index >= 15 is 0 Å². The van der Waals surface area contributed by atoms with Crippen LogP contribution >= 0.6 is 11.6 Å². The van der Waals surface area contributed by atoms with Crippen molar-refractivity contribution < 1.29 is 9.72 Å². The average Bonchev–Trinajstić information content (AvgIpc) is 2.37. The van der Waals surface area contributed by atoms with E-state index in [4.69, 9.17) is 17.3 Å². The number of hydrogen-bond acceptors (Lipinski definition) is 4. The molecule has 0 aromatic heterocycles. The first-order valence-electron chi connectivity index (χ1n) is 6.37. The summed E-state index contributed by atoms with van der Waals surface area (Å²) < 4.78 is 0. The van der Waals surface area contributed by atoms with Gasteiger partial charge in [-0.15, -0.1) is 0 Å². The monoisotopic (exact) mass is 299 g/mol. The van der Waals surface area contributed by atoms with Crippen molar-refractivity contribution in [1.29, 1.82) is 0 Å². The maximum atomic E-state index is 11.1. The van der Waals surface area contributed by atoms with Gasteiger partial charge >= 0.3 is 0 Å². The molecule has 2 N–H and O–H groups in total. The van der Waals surface area contributed by atoms with Crippen LogP contribution in [0.15, 0.2) is 18.2 Å². The van der Waals surface area contributed by atoms with E-state index in [1.807, 2.05) is 11.8 Å². The second-order valence-corrected chi connectivity index (χ2v) is 4.97. The summed E-state index contributed by atoms with van der Waals surface area (Å²) in [5, 5.41) is 11.2. The molecular weight excluding hydrogens is 282 g/mol. The molecule has 0 saturated heterocycles. The lowest BCUT2D eigenvalue weighted by Gasteiger charge is -2.21. The SMILES string of the molecule is CCCCN(CC(N)=O)Cc1cc([N+](=O)[O-])ccc1Cl. The number of nitro benzene ring substituents is 1. The average molecular weight is 300 g/mol. The summed E-state index contributed by atoms with van der Waals surface area (Å²) in [7, 11) is 0. The highest BCUT2D eigenvalue weighted by molar-refractivity contribution is 6.31. The third-order valence-corrected chi connectivity index (χ3v) is 3.21. The van der Waals surface area contributed by atoms with Crippen molar-refractivity contribution in [2.24, 2.45) is 5.73 Å². The van der Waals surface area contributed by atoms with Gasteiger partial charge in [-0.25, -0.2) is 0 Å². The lowest BCUT2D eigenvalue weighted by atomic mass is 10.1. The minimum Gasteiger partial charge on any atom is -0.369 e. The molecule has 0 atom stereocenters. The highest BCUT2D eigenvalue weighted by atomic mass is 35.5. The van der Waals surface area contributed by atoms with E-state index < -0.39 is 10.8 Å². The molecule has 1 aromatic rings. The first-order valence-corrected chi connectivity index (χ1v) is 6.75. The van der Waals surface area contributed by atoms with Crippen LogP contribution in [0.4, 0.5) is 5.69 Å². The second kappa shape index (κ2) is 7.81. The quantitative estimate of drug-likeness (QED) is 0.589. The molecule has 110 valence electrons.